The van der Waals surface area contributed by atoms with Crippen LogP contribution in [0.4, 0.5) is 0 Å². The van der Waals surface area contributed by atoms with Crippen LogP contribution in [-0.2, 0) is 0 Å². The molecular weight excluding hydrogens is 254 g/mol. The molecule has 2 heteroatoms. The lowest BCUT2D eigenvalue weighted by atomic mass is 9.87. The van der Waals surface area contributed by atoms with Gasteiger partial charge in [-0.1, -0.05) is 51.3 Å². The maximum Gasteiger partial charge on any atom is 0.0456 e. The predicted molar refractivity (Wildman–Crippen MR) is 86.0 cm³/mol. The first kappa shape index (κ1) is 16.5. The van der Waals surface area contributed by atoms with Crippen molar-refractivity contribution in [3.8, 4) is 0 Å². The monoisotopic (exact) mass is 281 g/mol. The third-order valence-corrected chi connectivity index (χ3v) is 4.41. The Kier molecular flexibility index (Phi) is 6.88. The molecule has 1 aromatic rings. The Morgan fingerprint density at radius 2 is 1.63 bits per heavy atom. The summed E-state index contributed by atoms with van der Waals surface area (Å²) in [6.07, 6.45) is 3.52. The van der Waals surface area contributed by atoms with E-state index in [1.54, 1.807) is 0 Å². The van der Waals surface area contributed by atoms with Crippen molar-refractivity contribution in [3.05, 3.63) is 33.8 Å². The summed E-state index contributed by atoms with van der Waals surface area (Å²) in [7, 11) is 0. The van der Waals surface area contributed by atoms with Crippen molar-refractivity contribution in [2.45, 2.75) is 59.9 Å². The third-order valence-electron chi connectivity index (χ3n) is 4.08. The van der Waals surface area contributed by atoms with E-state index >= 15 is 0 Å². The highest BCUT2D eigenvalue weighted by molar-refractivity contribution is 6.31. The Balaban J connectivity index is 3.12. The molecule has 0 heterocycles. The summed E-state index contributed by atoms with van der Waals surface area (Å²) in [5, 5.41) is 4.60. The van der Waals surface area contributed by atoms with Crippen LogP contribution in [0.5, 0.6) is 0 Å². The van der Waals surface area contributed by atoms with Crippen LogP contribution < -0.4 is 5.32 Å². The highest BCUT2D eigenvalue weighted by Gasteiger charge is 2.22. The Labute approximate surface area is 123 Å². The second kappa shape index (κ2) is 7.91. The average Bonchev–Trinajstić information content (AvgIpc) is 2.39. The van der Waals surface area contributed by atoms with Gasteiger partial charge in [0.1, 0.15) is 0 Å². The van der Waals surface area contributed by atoms with E-state index in [-0.39, 0.29) is 0 Å². The Morgan fingerprint density at radius 3 is 2.16 bits per heavy atom. The van der Waals surface area contributed by atoms with E-state index in [0.29, 0.717) is 12.0 Å². The average molecular weight is 282 g/mol. The van der Waals surface area contributed by atoms with Crippen LogP contribution in [0.15, 0.2) is 12.1 Å². The highest BCUT2D eigenvalue weighted by Crippen LogP contribution is 2.33. The first-order valence-corrected chi connectivity index (χ1v) is 7.92. The summed E-state index contributed by atoms with van der Waals surface area (Å²) in [5.74, 6) is 0.645. The van der Waals surface area contributed by atoms with Crippen LogP contribution >= 0.6 is 11.6 Å². The lowest BCUT2D eigenvalue weighted by molar-refractivity contribution is 0.341. The van der Waals surface area contributed by atoms with E-state index < -0.39 is 0 Å². The Bertz CT molecular complexity index is 396. The van der Waals surface area contributed by atoms with E-state index in [9.17, 15) is 0 Å². The number of hydrogen-bond acceptors (Lipinski definition) is 1. The highest BCUT2D eigenvalue weighted by atomic mass is 35.5. The molecule has 0 fully saturated rings. The molecule has 1 aromatic carbocycles. The zero-order valence-electron chi connectivity index (χ0n) is 13.0. The number of aryl methyl sites for hydroxylation is 2. The van der Waals surface area contributed by atoms with Gasteiger partial charge in [-0.05, 0) is 55.5 Å². The first-order chi connectivity index (χ1) is 9.04. The van der Waals surface area contributed by atoms with Gasteiger partial charge in [0.25, 0.3) is 0 Å². The summed E-state index contributed by atoms with van der Waals surface area (Å²) in [4.78, 5) is 0. The maximum absolute atomic E-state index is 6.49. The molecule has 0 saturated carbocycles. The quantitative estimate of drug-likeness (QED) is 0.702. The molecule has 1 nitrogen and oxygen atoms in total. The topological polar surface area (TPSA) is 12.0 Å². The lowest BCUT2D eigenvalue weighted by Gasteiger charge is -2.28. The van der Waals surface area contributed by atoms with Gasteiger partial charge in [-0.25, -0.2) is 0 Å². The molecular formula is C17H28ClN. The number of hydrogen-bond donors (Lipinski definition) is 1. The van der Waals surface area contributed by atoms with E-state index in [1.807, 2.05) is 0 Å². The van der Waals surface area contributed by atoms with Crippen molar-refractivity contribution >= 4 is 11.6 Å². The molecule has 1 unspecified atom stereocenters. The Hall–Kier alpha value is -0.530. The molecule has 1 rings (SSSR count). The van der Waals surface area contributed by atoms with Crippen molar-refractivity contribution < 1.29 is 0 Å². The summed E-state index contributed by atoms with van der Waals surface area (Å²) < 4.78 is 0. The van der Waals surface area contributed by atoms with Crippen LogP contribution in [0.2, 0.25) is 5.02 Å². The van der Waals surface area contributed by atoms with E-state index in [2.05, 4.69) is 52.1 Å². The molecule has 0 aliphatic carbocycles. The molecule has 1 atom stereocenters. The standard InChI is InChI=1S/C17H28ClN/c1-6-9-19-17(14(7-2)8-3)15-10-12(4)13(5)11-16(15)18/h10-11,14,17,19H,6-9H2,1-5H3. The van der Waals surface area contributed by atoms with Gasteiger partial charge < -0.3 is 5.32 Å². The van der Waals surface area contributed by atoms with Crippen LogP contribution in [-0.4, -0.2) is 6.54 Å². The molecule has 0 aromatic heterocycles. The van der Waals surface area contributed by atoms with E-state index in [0.717, 1.165) is 18.0 Å². The van der Waals surface area contributed by atoms with Crippen molar-refractivity contribution in [2.24, 2.45) is 5.92 Å². The van der Waals surface area contributed by atoms with E-state index in [1.165, 1.54) is 29.5 Å². The van der Waals surface area contributed by atoms with Crippen LogP contribution in [0.3, 0.4) is 0 Å². The fourth-order valence-electron chi connectivity index (χ4n) is 2.63. The van der Waals surface area contributed by atoms with Gasteiger partial charge in [-0.15, -0.1) is 0 Å². The predicted octanol–water partition coefficient (Wildman–Crippen LogP) is 5.43. The van der Waals surface area contributed by atoms with Crippen molar-refractivity contribution in [3.63, 3.8) is 0 Å². The molecule has 0 aliphatic rings. The minimum absolute atomic E-state index is 0.377. The molecule has 0 aliphatic heterocycles. The second-order valence-corrected chi connectivity index (χ2v) is 5.87. The van der Waals surface area contributed by atoms with Gasteiger partial charge in [-0.3, -0.25) is 0 Å². The molecule has 0 saturated heterocycles. The van der Waals surface area contributed by atoms with Crippen molar-refractivity contribution in [1.29, 1.82) is 0 Å². The van der Waals surface area contributed by atoms with Gasteiger partial charge in [0, 0.05) is 11.1 Å². The van der Waals surface area contributed by atoms with Crippen molar-refractivity contribution in [2.75, 3.05) is 6.54 Å². The number of nitrogens with one attached hydrogen (secondary N) is 1. The summed E-state index contributed by atoms with van der Waals surface area (Å²) >= 11 is 6.49. The normalized spacial score (nSPS) is 13.0. The van der Waals surface area contributed by atoms with Crippen molar-refractivity contribution in [1.82, 2.24) is 5.32 Å². The van der Waals surface area contributed by atoms with E-state index in [4.69, 9.17) is 11.6 Å². The SMILES string of the molecule is CCCNC(c1cc(C)c(C)cc1Cl)C(CC)CC. The molecule has 0 amide bonds. The molecule has 0 bridgehead atoms. The Morgan fingerprint density at radius 1 is 1.05 bits per heavy atom. The van der Waals surface area contributed by atoms with Gasteiger partial charge in [-0.2, -0.15) is 0 Å². The summed E-state index contributed by atoms with van der Waals surface area (Å²) in [6, 6.07) is 4.75. The van der Waals surface area contributed by atoms with Gasteiger partial charge in [0.05, 0.1) is 0 Å². The molecule has 1 N–H and O–H groups in total. The number of rotatable bonds is 7. The lowest BCUT2D eigenvalue weighted by Crippen LogP contribution is -2.29. The fourth-order valence-corrected chi connectivity index (χ4v) is 2.97. The molecule has 0 radical (unpaired) electrons. The minimum atomic E-state index is 0.377. The smallest absolute Gasteiger partial charge is 0.0456 e. The van der Waals surface area contributed by atoms with Gasteiger partial charge >= 0.3 is 0 Å². The van der Waals surface area contributed by atoms with Crippen LogP contribution in [0.25, 0.3) is 0 Å². The first-order valence-electron chi connectivity index (χ1n) is 7.55. The summed E-state index contributed by atoms with van der Waals surface area (Å²) in [5.41, 5.74) is 3.87. The fraction of sp³-hybridized carbons (Fsp3) is 0.647. The maximum atomic E-state index is 6.49. The number of halogens is 1. The largest absolute Gasteiger partial charge is 0.310 e. The van der Waals surface area contributed by atoms with Gasteiger partial charge in [0.2, 0.25) is 0 Å². The van der Waals surface area contributed by atoms with Gasteiger partial charge in [0.15, 0.2) is 0 Å². The zero-order chi connectivity index (χ0) is 14.4. The minimum Gasteiger partial charge on any atom is -0.310 e. The summed E-state index contributed by atoms with van der Waals surface area (Å²) in [6.45, 7) is 12.1. The molecule has 19 heavy (non-hydrogen) atoms. The zero-order valence-corrected chi connectivity index (χ0v) is 13.8. The molecule has 0 spiro atoms. The third kappa shape index (κ3) is 4.22. The second-order valence-electron chi connectivity index (χ2n) is 5.47. The molecule has 108 valence electrons. The van der Waals surface area contributed by atoms with Crippen LogP contribution in [0, 0.1) is 19.8 Å². The van der Waals surface area contributed by atoms with Crippen LogP contribution in [0.1, 0.15) is 62.8 Å². The number of benzene rings is 1.